The van der Waals surface area contributed by atoms with E-state index in [2.05, 4.69) is 29.4 Å². The van der Waals surface area contributed by atoms with Crippen LogP contribution in [0.25, 0.3) is 4.96 Å². The molecule has 2 aromatic heterocycles. The average Bonchev–Trinajstić information content (AvgIpc) is 2.80. The highest BCUT2D eigenvalue weighted by atomic mass is 32.1. The van der Waals surface area contributed by atoms with Crippen LogP contribution in [0.1, 0.15) is 17.0 Å². The summed E-state index contributed by atoms with van der Waals surface area (Å²) in [5.74, 6) is 0. The molecule has 0 spiro atoms. The van der Waals surface area contributed by atoms with Gasteiger partial charge in [-0.1, -0.05) is 17.7 Å². The van der Waals surface area contributed by atoms with Crippen molar-refractivity contribution < 1.29 is 0 Å². The number of aromatic nitrogens is 2. The molecule has 0 saturated heterocycles. The number of fused-ring (bicyclic) bond motifs is 1. The van der Waals surface area contributed by atoms with Gasteiger partial charge in [-0.25, -0.2) is 4.98 Å². The highest BCUT2D eigenvalue weighted by molar-refractivity contribution is 7.15. The van der Waals surface area contributed by atoms with E-state index in [1.807, 2.05) is 24.4 Å². The molecule has 0 aliphatic heterocycles. The van der Waals surface area contributed by atoms with E-state index in [1.165, 1.54) is 16.9 Å². The van der Waals surface area contributed by atoms with Crippen LogP contribution in [-0.4, -0.2) is 9.38 Å². The van der Waals surface area contributed by atoms with Crippen molar-refractivity contribution in [2.45, 2.75) is 20.4 Å². The van der Waals surface area contributed by atoms with Crippen LogP contribution in [0.4, 0.5) is 5.69 Å². The molecule has 0 radical (unpaired) electrons. The fourth-order valence-corrected chi connectivity index (χ4v) is 2.95. The summed E-state index contributed by atoms with van der Waals surface area (Å²) in [4.78, 5) is 17.3. The molecule has 0 saturated carbocycles. The maximum absolute atomic E-state index is 12.0. The molecule has 4 nitrogen and oxygen atoms in total. The zero-order valence-corrected chi connectivity index (χ0v) is 12.2. The lowest BCUT2D eigenvalue weighted by atomic mass is 10.2. The maximum atomic E-state index is 12.0. The molecule has 1 aromatic carbocycles. The van der Waals surface area contributed by atoms with E-state index in [1.54, 1.807) is 10.5 Å². The largest absolute Gasteiger partial charge is 0.379 e. The van der Waals surface area contributed by atoms with Gasteiger partial charge in [0.15, 0.2) is 4.96 Å². The maximum Gasteiger partial charge on any atom is 0.259 e. The fraction of sp³-hybridized carbons (Fsp3) is 0.200. The van der Waals surface area contributed by atoms with E-state index in [-0.39, 0.29) is 5.56 Å². The number of hydrogen-bond donors (Lipinski definition) is 1. The lowest BCUT2D eigenvalue weighted by molar-refractivity contribution is 0.965. The third-order valence-corrected chi connectivity index (χ3v) is 4.10. The van der Waals surface area contributed by atoms with Gasteiger partial charge in [-0.2, -0.15) is 0 Å². The Morgan fingerprint density at radius 3 is 2.75 bits per heavy atom. The molecular weight excluding hydrogens is 270 g/mol. The molecule has 5 heteroatoms. The quantitative estimate of drug-likeness (QED) is 0.804. The Bertz CT molecular complexity index is 802. The molecular formula is C15H15N3OS. The first-order chi connectivity index (χ1) is 9.63. The minimum atomic E-state index is -0.0190. The van der Waals surface area contributed by atoms with Crippen molar-refractivity contribution in [3.8, 4) is 0 Å². The minimum Gasteiger partial charge on any atom is -0.379 e. The summed E-state index contributed by atoms with van der Waals surface area (Å²) >= 11 is 1.49. The Labute approximate surface area is 120 Å². The molecule has 20 heavy (non-hydrogen) atoms. The smallest absolute Gasteiger partial charge is 0.259 e. The van der Waals surface area contributed by atoms with Crippen LogP contribution in [0.3, 0.4) is 0 Å². The number of aryl methyl sites for hydroxylation is 2. The van der Waals surface area contributed by atoms with Gasteiger partial charge < -0.3 is 5.32 Å². The Morgan fingerprint density at radius 1 is 1.25 bits per heavy atom. The molecule has 102 valence electrons. The Kier molecular flexibility index (Phi) is 3.28. The molecule has 1 N–H and O–H groups in total. The van der Waals surface area contributed by atoms with Gasteiger partial charge in [-0.3, -0.25) is 9.20 Å². The fourth-order valence-electron chi connectivity index (χ4n) is 2.06. The van der Waals surface area contributed by atoms with Crippen molar-refractivity contribution in [2.24, 2.45) is 0 Å². The van der Waals surface area contributed by atoms with Crippen molar-refractivity contribution in [3.05, 3.63) is 63.0 Å². The Balaban J connectivity index is 1.84. The number of thiazole rings is 1. The number of nitrogens with zero attached hydrogens (tertiary/aromatic N) is 2. The molecule has 2 heterocycles. The van der Waals surface area contributed by atoms with E-state index in [4.69, 9.17) is 0 Å². The SMILES string of the molecule is Cc1ccc(NCc2cc(=O)n3c(C)csc3n2)cc1. The molecule has 0 bridgehead atoms. The van der Waals surface area contributed by atoms with Crippen molar-refractivity contribution in [3.63, 3.8) is 0 Å². The zero-order valence-electron chi connectivity index (χ0n) is 11.4. The molecule has 3 rings (SSSR count). The summed E-state index contributed by atoms with van der Waals surface area (Å²) in [6.07, 6.45) is 0. The summed E-state index contributed by atoms with van der Waals surface area (Å²) in [5.41, 5.74) is 3.93. The van der Waals surface area contributed by atoms with Gasteiger partial charge in [0, 0.05) is 22.8 Å². The second-order valence-corrected chi connectivity index (χ2v) is 5.64. The number of benzene rings is 1. The lowest BCUT2D eigenvalue weighted by Crippen LogP contribution is -2.16. The highest BCUT2D eigenvalue weighted by Crippen LogP contribution is 2.13. The standard InChI is InChI=1S/C15H15N3OS/c1-10-3-5-12(6-4-10)16-8-13-7-14(19)18-11(2)9-20-15(18)17-13/h3-7,9,16H,8H2,1-2H3. The predicted molar refractivity (Wildman–Crippen MR) is 82.6 cm³/mol. The third-order valence-electron chi connectivity index (χ3n) is 3.15. The van der Waals surface area contributed by atoms with Crippen LogP contribution < -0.4 is 10.9 Å². The normalized spacial score (nSPS) is 10.9. The summed E-state index contributed by atoms with van der Waals surface area (Å²) in [7, 11) is 0. The second-order valence-electron chi connectivity index (χ2n) is 4.80. The number of rotatable bonds is 3. The number of nitrogens with one attached hydrogen (secondary N) is 1. The van der Waals surface area contributed by atoms with Gasteiger partial charge in [0.25, 0.3) is 5.56 Å². The van der Waals surface area contributed by atoms with Crippen LogP contribution in [0.2, 0.25) is 0 Å². The molecule has 3 aromatic rings. The predicted octanol–water partition coefficient (Wildman–Crippen LogP) is 2.98. The Morgan fingerprint density at radius 2 is 2.00 bits per heavy atom. The summed E-state index contributed by atoms with van der Waals surface area (Å²) in [5, 5.41) is 5.23. The van der Waals surface area contributed by atoms with E-state index in [0.717, 1.165) is 22.0 Å². The first-order valence-electron chi connectivity index (χ1n) is 6.41. The van der Waals surface area contributed by atoms with E-state index >= 15 is 0 Å². The van der Waals surface area contributed by atoms with Gasteiger partial charge >= 0.3 is 0 Å². The van der Waals surface area contributed by atoms with Crippen molar-refractivity contribution in [1.29, 1.82) is 0 Å². The minimum absolute atomic E-state index is 0.0190. The second kappa shape index (κ2) is 5.09. The van der Waals surface area contributed by atoms with E-state index < -0.39 is 0 Å². The van der Waals surface area contributed by atoms with Crippen molar-refractivity contribution in [1.82, 2.24) is 9.38 Å². The molecule has 0 aliphatic carbocycles. The van der Waals surface area contributed by atoms with Crippen LogP contribution in [0.5, 0.6) is 0 Å². The third kappa shape index (κ3) is 2.44. The molecule has 0 atom stereocenters. The summed E-state index contributed by atoms with van der Waals surface area (Å²) < 4.78 is 1.64. The van der Waals surface area contributed by atoms with Gasteiger partial charge in [0.2, 0.25) is 0 Å². The van der Waals surface area contributed by atoms with Gasteiger partial charge in [0.05, 0.1) is 12.2 Å². The van der Waals surface area contributed by atoms with Crippen LogP contribution in [0.15, 0.2) is 40.5 Å². The molecule has 0 amide bonds. The van der Waals surface area contributed by atoms with Gasteiger partial charge in [-0.05, 0) is 26.0 Å². The van der Waals surface area contributed by atoms with Crippen molar-refractivity contribution in [2.75, 3.05) is 5.32 Å². The first kappa shape index (κ1) is 12.9. The Hall–Kier alpha value is -2.14. The van der Waals surface area contributed by atoms with Crippen LogP contribution in [-0.2, 0) is 6.54 Å². The monoisotopic (exact) mass is 285 g/mol. The van der Waals surface area contributed by atoms with Crippen LogP contribution in [0, 0.1) is 13.8 Å². The van der Waals surface area contributed by atoms with E-state index in [9.17, 15) is 4.79 Å². The van der Waals surface area contributed by atoms with Crippen molar-refractivity contribution >= 4 is 22.0 Å². The van der Waals surface area contributed by atoms with Gasteiger partial charge in [-0.15, -0.1) is 11.3 Å². The lowest BCUT2D eigenvalue weighted by Gasteiger charge is -2.06. The average molecular weight is 285 g/mol. The first-order valence-corrected chi connectivity index (χ1v) is 7.29. The van der Waals surface area contributed by atoms with Gasteiger partial charge in [0.1, 0.15) is 0 Å². The zero-order chi connectivity index (χ0) is 14.1. The highest BCUT2D eigenvalue weighted by Gasteiger charge is 2.06. The summed E-state index contributed by atoms with van der Waals surface area (Å²) in [6.45, 7) is 4.52. The molecule has 0 aliphatic rings. The summed E-state index contributed by atoms with van der Waals surface area (Å²) in [6, 6.07) is 9.74. The topological polar surface area (TPSA) is 46.4 Å². The van der Waals surface area contributed by atoms with Crippen LogP contribution >= 0.6 is 11.3 Å². The van der Waals surface area contributed by atoms with E-state index in [0.29, 0.717) is 6.54 Å². The number of anilines is 1. The number of hydrogen-bond acceptors (Lipinski definition) is 4. The molecule has 0 unspecified atom stereocenters. The molecule has 0 fully saturated rings.